The van der Waals surface area contributed by atoms with Crippen molar-refractivity contribution in [1.29, 1.82) is 0 Å². The van der Waals surface area contributed by atoms with Crippen LogP contribution in [-0.2, 0) is 13.1 Å². The molecule has 1 aliphatic heterocycles. The molecule has 4 heterocycles. The second-order valence-electron chi connectivity index (χ2n) is 7.62. The smallest absolute Gasteiger partial charge is 0.275 e. The minimum atomic E-state index is -0.196. The molecule has 0 aliphatic carbocycles. The van der Waals surface area contributed by atoms with Gasteiger partial charge in [-0.25, -0.2) is 4.98 Å². The van der Waals surface area contributed by atoms with Gasteiger partial charge in [0.25, 0.3) is 11.5 Å². The van der Waals surface area contributed by atoms with Crippen molar-refractivity contribution in [3.05, 3.63) is 80.9 Å². The fourth-order valence-corrected chi connectivity index (χ4v) is 4.32. The van der Waals surface area contributed by atoms with Crippen LogP contribution < -0.4 is 5.56 Å². The molecule has 0 spiro atoms. The molecule has 30 heavy (non-hydrogen) atoms. The largest absolute Gasteiger partial charge is 0.459 e. The Morgan fingerprint density at radius 2 is 2.03 bits per heavy atom. The highest BCUT2D eigenvalue weighted by Crippen LogP contribution is 2.26. The fourth-order valence-electron chi connectivity index (χ4n) is 3.94. The van der Waals surface area contributed by atoms with Crippen molar-refractivity contribution in [2.24, 2.45) is 0 Å². The third-order valence-electron chi connectivity index (χ3n) is 5.46. The maximum atomic E-state index is 13.2. The molecule has 1 amide bonds. The second kappa shape index (κ2) is 6.98. The van der Waals surface area contributed by atoms with Crippen LogP contribution in [0.1, 0.15) is 28.9 Å². The number of nitrogens with zero attached hydrogens (tertiary/aromatic N) is 4. The highest BCUT2D eigenvalue weighted by Gasteiger charge is 2.32. The monoisotopic (exact) mass is 466 g/mol. The Morgan fingerprint density at radius 1 is 1.20 bits per heavy atom. The van der Waals surface area contributed by atoms with E-state index in [2.05, 4.69) is 20.9 Å². The van der Waals surface area contributed by atoms with Crippen molar-refractivity contribution in [3.63, 3.8) is 0 Å². The summed E-state index contributed by atoms with van der Waals surface area (Å²) < 4.78 is 10.1. The molecule has 1 aliphatic rings. The SMILES string of the molecule is Cc1cn(-c2ccc3n(c2=O)C[C@@H](C)N(Cc2cc4cc(Br)ccc4o2)C3=O)cn1. The number of hydrogen-bond acceptors (Lipinski definition) is 4. The van der Waals surface area contributed by atoms with E-state index in [1.54, 1.807) is 38.7 Å². The van der Waals surface area contributed by atoms with E-state index in [4.69, 9.17) is 4.42 Å². The normalized spacial score (nSPS) is 16.3. The van der Waals surface area contributed by atoms with Crippen molar-refractivity contribution >= 4 is 32.8 Å². The van der Waals surface area contributed by atoms with Gasteiger partial charge in [0.2, 0.25) is 0 Å². The Labute approximate surface area is 180 Å². The predicted octanol–water partition coefficient (Wildman–Crippen LogP) is 3.90. The van der Waals surface area contributed by atoms with E-state index in [0.29, 0.717) is 30.2 Å². The van der Waals surface area contributed by atoms with E-state index in [1.807, 2.05) is 38.1 Å². The van der Waals surface area contributed by atoms with Gasteiger partial charge in [0, 0.05) is 28.6 Å². The zero-order valence-electron chi connectivity index (χ0n) is 16.5. The third-order valence-corrected chi connectivity index (χ3v) is 5.95. The van der Waals surface area contributed by atoms with Crippen LogP contribution in [0, 0.1) is 6.92 Å². The van der Waals surface area contributed by atoms with E-state index in [0.717, 1.165) is 21.1 Å². The summed E-state index contributed by atoms with van der Waals surface area (Å²) in [5.74, 6) is 0.533. The molecule has 152 valence electrons. The summed E-state index contributed by atoms with van der Waals surface area (Å²) in [6, 6.07) is 11.0. The van der Waals surface area contributed by atoms with Crippen LogP contribution in [0.2, 0.25) is 0 Å². The van der Waals surface area contributed by atoms with Gasteiger partial charge in [0.05, 0.1) is 18.6 Å². The molecule has 1 atom stereocenters. The molecule has 0 unspecified atom stereocenters. The molecule has 0 saturated heterocycles. The molecular formula is C22H19BrN4O3. The van der Waals surface area contributed by atoms with Crippen molar-refractivity contribution in [1.82, 2.24) is 19.0 Å². The van der Waals surface area contributed by atoms with Gasteiger partial charge in [-0.1, -0.05) is 15.9 Å². The van der Waals surface area contributed by atoms with Crippen molar-refractivity contribution in [2.45, 2.75) is 33.0 Å². The number of imidazole rings is 1. The number of carbonyl (C=O) groups excluding carboxylic acids is 1. The zero-order chi connectivity index (χ0) is 21.0. The van der Waals surface area contributed by atoms with Gasteiger partial charge in [0.15, 0.2) is 0 Å². The first-order valence-corrected chi connectivity index (χ1v) is 10.4. The summed E-state index contributed by atoms with van der Waals surface area (Å²) in [6.07, 6.45) is 3.41. The maximum absolute atomic E-state index is 13.2. The molecule has 0 radical (unpaired) electrons. The number of amides is 1. The summed E-state index contributed by atoms with van der Waals surface area (Å²) in [5, 5.41) is 0.980. The summed E-state index contributed by atoms with van der Waals surface area (Å²) >= 11 is 3.46. The second-order valence-corrected chi connectivity index (χ2v) is 8.53. The van der Waals surface area contributed by atoms with E-state index in [9.17, 15) is 9.59 Å². The lowest BCUT2D eigenvalue weighted by Crippen LogP contribution is -2.49. The first-order chi connectivity index (χ1) is 14.4. The highest BCUT2D eigenvalue weighted by atomic mass is 79.9. The molecule has 1 aromatic carbocycles. The molecule has 0 fully saturated rings. The van der Waals surface area contributed by atoms with Gasteiger partial charge in [-0.05, 0) is 50.2 Å². The Kier molecular flexibility index (Phi) is 4.39. The van der Waals surface area contributed by atoms with E-state index in [1.165, 1.54) is 0 Å². The summed E-state index contributed by atoms with van der Waals surface area (Å²) in [7, 11) is 0. The van der Waals surface area contributed by atoms with Gasteiger partial charge in [-0.3, -0.25) is 9.59 Å². The summed E-state index contributed by atoms with van der Waals surface area (Å²) in [5.41, 5.74) is 2.28. The van der Waals surface area contributed by atoms with Crippen molar-refractivity contribution in [2.75, 3.05) is 0 Å². The number of aromatic nitrogens is 3. The lowest BCUT2D eigenvalue weighted by molar-refractivity contribution is 0.0574. The average Bonchev–Trinajstić information content (AvgIpc) is 3.31. The number of furan rings is 1. The number of fused-ring (bicyclic) bond motifs is 2. The Morgan fingerprint density at radius 3 is 2.80 bits per heavy atom. The van der Waals surface area contributed by atoms with Crippen LogP contribution in [0.15, 0.2) is 62.6 Å². The van der Waals surface area contributed by atoms with E-state index < -0.39 is 0 Å². The molecule has 0 bridgehead atoms. The molecule has 3 aromatic heterocycles. The molecule has 8 heteroatoms. The quantitative estimate of drug-likeness (QED) is 0.458. The van der Waals surface area contributed by atoms with Gasteiger partial charge in [0.1, 0.15) is 22.7 Å². The lowest BCUT2D eigenvalue weighted by Gasteiger charge is -2.35. The summed E-state index contributed by atoms with van der Waals surface area (Å²) in [4.78, 5) is 32.2. The molecule has 4 aromatic rings. The van der Waals surface area contributed by atoms with Crippen LogP contribution in [0.5, 0.6) is 0 Å². The number of pyridine rings is 1. The van der Waals surface area contributed by atoms with Crippen LogP contribution in [0.25, 0.3) is 16.7 Å². The minimum Gasteiger partial charge on any atom is -0.459 e. The van der Waals surface area contributed by atoms with E-state index in [-0.39, 0.29) is 17.5 Å². The van der Waals surface area contributed by atoms with Crippen molar-refractivity contribution < 1.29 is 9.21 Å². The number of aryl methyl sites for hydroxylation is 1. The van der Waals surface area contributed by atoms with Crippen molar-refractivity contribution in [3.8, 4) is 5.69 Å². The molecule has 0 saturated carbocycles. The molecule has 7 nitrogen and oxygen atoms in total. The van der Waals surface area contributed by atoms with Gasteiger partial charge < -0.3 is 18.5 Å². The van der Waals surface area contributed by atoms with Gasteiger partial charge in [-0.15, -0.1) is 0 Å². The van der Waals surface area contributed by atoms with Crippen LogP contribution >= 0.6 is 15.9 Å². The third kappa shape index (κ3) is 3.08. The number of benzene rings is 1. The Hall–Kier alpha value is -3.13. The predicted molar refractivity (Wildman–Crippen MR) is 116 cm³/mol. The minimum absolute atomic E-state index is 0.151. The van der Waals surface area contributed by atoms with Crippen LogP contribution in [-0.4, -0.2) is 31.0 Å². The molecule has 0 N–H and O–H groups in total. The number of hydrogen-bond donors (Lipinski definition) is 0. The number of carbonyl (C=O) groups is 1. The van der Waals surface area contributed by atoms with Gasteiger partial charge >= 0.3 is 0 Å². The zero-order valence-corrected chi connectivity index (χ0v) is 18.1. The first kappa shape index (κ1) is 18.9. The first-order valence-electron chi connectivity index (χ1n) is 9.64. The number of rotatable bonds is 3. The maximum Gasteiger partial charge on any atom is 0.275 e. The fraction of sp³-hybridized carbons (Fsp3) is 0.227. The van der Waals surface area contributed by atoms with Crippen LogP contribution in [0.4, 0.5) is 0 Å². The standard InChI is InChI=1S/C22H19BrN4O3/c1-13-9-25(12-24-13)18-4-5-19-22(29)26(14(2)10-27(19)21(18)28)11-17-8-15-7-16(23)3-6-20(15)30-17/h3-9,12,14H,10-11H2,1-2H3/t14-/m1/s1. The van der Waals surface area contributed by atoms with E-state index >= 15 is 0 Å². The summed E-state index contributed by atoms with van der Waals surface area (Å²) in [6.45, 7) is 4.59. The topological polar surface area (TPSA) is 73.3 Å². The number of halogens is 1. The molecular weight excluding hydrogens is 448 g/mol. The highest BCUT2D eigenvalue weighted by molar-refractivity contribution is 9.10. The Balaban J connectivity index is 1.48. The molecule has 5 rings (SSSR count). The lowest BCUT2D eigenvalue weighted by atomic mass is 10.1. The Bertz CT molecular complexity index is 1350. The van der Waals surface area contributed by atoms with Gasteiger partial charge in [-0.2, -0.15) is 0 Å². The average molecular weight is 467 g/mol. The van der Waals surface area contributed by atoms with Crippen LogP contribution in [0.3, 0.4) is 0 Å².